The zero-order valence-corrected chi connectivity index (χ0v) is 40.5. The first-order valence-corrected chi connectivity index (χ1v) is 25.0. The summed E-state index contributed by atoms with van der Waals surface area (Å²) in [4.78, 5) is 2.39. The van der Waals surface area contributed by atoms with Crippen LogP contribution in [-0.4, -0.2) is 0 Å². The third-order valence-electron chi connectivity index (χ3n) is 14.2. The standard InChI is InChI=1S/C72H51N/c1-3-50-48-71(69-45-40-59-24-14-15-29-68(59)72(69)66(50)4-2)62-41-44-67(70(49-62)58-22-12-7-13-23-58)61-26-17-28-65(47-61)73(63-42-38-56(39-43-63)55-32-30-53(31-33-55)51-18-8-5-9-19-51)64-27-16-25-60(46-64)57-36-34-54(35-37-57)52-20-10-6-11-21-52/h3-49H,1-2H2. The van der Waals surface area contributed by atoms with Crippen LogP contribution in [0.3, 0.4) is 0 Å². The summed E-state index contributed by atoms with van der Waals surface area (Å²) in [5.41, 5.74) is 21.7. The van der Waals surface area contributed by atoms with Crippen LogP contribution in [0, 0.1) is 0 Å². The summed E-state index contributed by atoms with van der Waals surface area (Å²) >= 11 is 0. The van der Waals surface area contributed by atoms with Crippen LogP contribution >= 0.6 is 0 Å². The highest BCUT2D eigenvalue weighted by atomic mass is 15.1. The van der Waals surface area contributed by atoms with Crippen LogP contribution in [0.4, 0.5) is 17.1 Å². The van der Waals surface area contributed by atoms with E-state index in [1.165, 1.54) is 49.4 Å². The van der Waals surface area contributed by atoms with Crippen molar-refractivity contribution in [3.8, 4) is 77.9 Å². The Hall–Kier alpha value is -9.56. The van der Waals surface area contributed by atoms with Crippen molar-refractivity contribution in [2.75, 3.05) is 4.90 Å². The Morgan fingerprint density at radius 1 is 0.260 bits per heavy atom. The van der Waals surface area contributed by atoms with Gasteiger partial charge in [0.2, 0.25) is 0 Å². The van der Waals surface area contributed by atoms with Crippen molar-refractivity contribution < 1.29 is 0 Å². The highest BCUT2D eigenvalue weighted by Gasteiger charge is 2.19. The first-order valence-electron chi connectivity index (χ1n) is 25.0. The Kier molecular flexibility index (Phi) is 12.0. The van der Waals surface area contributed by atoms with Crippen molar-refractivity contribution in [3.63, 3.8) is 0 Å². The van der Waals surface area contributed by atoms with Crippen LogP contribution in [0.1, 0.15) is 11.1 Å². The van der Waals surface area contributed by atoms with Gasteiger partial charge in [0, 0.05) is 17.1 Å². The third-order valence-corrected chi connectivity index (χ3v) is 14.2. The van der Waals surface area contributed by atoms with E-state index >= 15 is 0 Å². The molecule has 0 atom stereocenters. The van der Waals surface area contributed by atoms with Gasteiger partial charge in [-0.3, -0.25) is 0 Å². The van der Waals surface area contributed by atoms with E-state index in [4.69, 9.17) is 0 Å². The molecule has 0 aliphatic heterocycles. The average Bonchev–Trinajstić information content (AvgIpc) is 3.47. The van der Waals surface area contributed by atoms with E-state index in [-0.39, 0.29) is 0 Å². The maximum Gasteiger partial charge on any atom is 0.0467 e. The van der Waals surface area contributed by atoms with Crippen molar-refractivity contribution in [2.45, 2.75) is 0 Å². The normalized spacial score (nSPS) is 11.1. The lowest BCUT2D eigenvalue weighted by Crippen LogP contribution is -2.10. The number of anilines is 3. The Morgan fingerprint density at radius 3 is 1.29 bits per heavy atom. The Balaban J connectivity index is 0.974. The van der Waals surface area contributed by atoms with Crippen LogP contribution in [0.2, 0.25) is 0 Å². The van der Waals surface area contributed by atoms with Crippen molar-refractivity contribution in [2.24, 2.45) is 0 Å². The first-order chi connectivity index (χ1) is 36.1. The Morgan fingerprint density at radius 2 is 0.712 bits per heavy atom. The lowest BCUT2D eigenvalue weighted by atomic mass is 9.86. The van der Waals surface area contributed by atoms with Crippen LogP contribution in [0.15, 0.2) is 286 Å². The molecular formula is C72H51N. The van der Waals surface area contributed by atoms with Gasteiger partial charge in [-0.25, -0.2) is 0 Å². The summed E-state index contributed by atoms with van der Waals surface area (Å²) in [6.45, 7) is 8.52. The molecule has 0 heterocycles. The van der Waals surface area contributed by atoms with Gasteiger partial charge >= 0.3 is 0 Å². The summed E-state index contributed by atoms with van der Waals surface area (Å²) < 4.78 is 0. The van der Waals surface area contributed by atoms with E-state index in [2.05, 4.69) is 291 Å². The second kappa shape index (κ2) is 19.7. The molecule has 1 nitrogen and oxygen atoms in total. The minimum Gasteiger partial charge on any atom is -0.310 e. The van der Waals surface area contributed by atoms with E-state index in [1.54, 1.807) is 0 Å². The summed E-state index contributed by atoms with van der Waals surface area (Å²) in [5, 5.41) is 4.79. The van der Waals surface area contributed by atoms with Crippen LogP contribution in [0.25, 0.3) is 112 Å². The van der Waals surface area contributed by atoms with Gasteiger partial charge in [0.1, 0.15) is 0 Å². The number of hydrogen-bond acceptors (Lipinski definition) is 1. The lowest BCUT2D eigenvalue weighted by molar-refractivity contribution is 1.28. The van der Waals surface area contributed by atoms with Crippen LogP contribution < -0.4 is 4.90 Å². The van der Waals surface area contributed by atoms with Crippen molar-refractivity contribution in [1.82, 2.24) is 0 Å². The molecule has 0 unspecified atom stereocenters. The van der Waals surface area contributed by atoms with Gasteiger partial charge in [-0.2, -0.15) is 0 Å². The summed E-state index contributed by atoms with van der Waals surface area (Å²) in [6.07, 6.45) is 3.93. The van der Waals surface area contributed by atoms with Gasteiger partial charge in [-0.05, 0) is 159 Å². The topological polar surface area (TPSA) is 3.24 Å². The minimum absolute atomic E-state index is 1.06. The smallest absolute Gasteiger partial charge is 0.0467 e. The summed E-state index contributed by atoms with van der Waals surface area (Å²) in [5.74, 6) is 0. The molecule has 12 aromatic carbocycles. The fourth-order valence-electron chi connectivity index (χ4n) is 10.5. The molecule has 0 amide bonds. The average molecular weight is 930 g/mol. The van der Waals surface area contributed by atoms with Crippen molar-refractivity contribution in [1.29, 1.82) is 0 Å². The number of fused-ring (bicyclic) bond motifs is 3. The first kappa shape index (κ1) is 44.6. The second-order valence-electron chi connectivity index (χ2n) is 18.5. The predicted octanol–water partition coefficient (Wildman–Crippen LogP) is 20.4. The van der Waals surface area contributed by atoms with Crippen LogP contribution in [0.5, 0.6) is 0 Å². The number of hydrogen-bond donors (Lipinski definition) is 0. The molecule has 0 aliphatic carbocycles. The van der Waals surface area contributed by atoms with Gasteiger partial charge in [0.05, 0.1) is 0 Å². The SMILES string of the molecule is C=Cc1cc(-c2ccc(-c3cccc(N(c4ccc(-c5ccc(-c6ccccc6)cc5)cc4)c4cccc(-c5ccc(-c6ccccc6)cc5)c4)c3)c(-c3ccccc3)c2)c2ccc3ccccc3c2c1C=C. The molecule has 1 heteroatoms. The molecule has 12 aromatic rings. The van der Waals surface area contributed by atoms with Crippen molar-refractivity contribution >= 4 is 50.8 Å². The van der Waals surface area contributed by atoms with Gasteiger partial charge in [0.15, 0.2) is 0 Å². The number of benzene rings is 12. The van der Waals surface area contributed by atoms with E-state index in [9.17, 15) is 0 Å². The lowest BCUT2D eigenvalue weighted by Gasteiger charge is -2.27. The molecule has 0 spiro atoms. The van der Waals surface area contributed by atoms with Crippen molar-refractivity contribution in [3.05, 3.63) is 297 Å². The quantitative estimate of drug-likeness (QED) is 0.110. The molecule has 0 N–H and O–H groups in total. The number of nitrogens with zero attached hydrogens (tertiary/aromatic N) is 1. The molecule has 12 rings (SSSR count). The summed E-state index contributed by atoms with van der Waals surface area (Å²) in [7, 11) is 0. The molecule has 73 heavy (non-hydrogen) atoms. The molecular weight excluding hydrogens is 879 g/mol. The Labute approximate surface area is 428 Å². The highest BCUT2D eigenvalue weighted by molar-refractivity contribution is 6.17. The van der Waals surface area contributed by atoms with Gasteiger partial charge < -0.3 is 4.90 Å². The Bertz CT molecular complexity index is 3950. The minimum atomic E-state index is 1.06. The molecule has 0 bridgehead atoms. The van der Waals surface area contributed by atoms with E-state index in [0.717, 1.165) is 78.3 Å². The predicted molar refractivity (Wildman–Crippen MR) is 314 cm³/mol. The molecule has 0 fully saturated rings. The zero-order valence-electron chi connectivity index (χ0n) is 40.5. The third kappa shape index (κ3) is 8.75. The van der Waals surface area contributed by atoms with Gasteiger partial charge in [0.25, 0.3) is 0 Å². The van der Waals surface area contributed by atoms with Gasteiger partial charge in [-0.15, -0.1) is 0 Å². The largest absolute Gasteiger partial charge is 0.310 e. The molecule has 344 valence electrons. The van der Waals surface area contributed by atoms with E-state index in [0.29, 0.717) is 0 Å². The number of rotatable bonds is 12. The highest BCUT2D eigenvalue weighted by Crippen LogP contribution is 2.44. The van der Waals surface area contributed by atoms with Crippen LogP contribution in [-0.2, 0) is 0 Å². The monoisotopic (exact) mass is 929 g/mol. The van der Waals surface area contributed by atoms with E-state index < -0.39 is 0 Å². The molecule has 0 saturated heterocycles. The second-order valence-corrected chi connectivity index (χ2v) is 18.5. The zero-order chi connectivity index (χ0) is 49.1. The molecule has 0 radical (unpaired) electrons. The molecule has 0 saturated carbocycles. The fraction of sp³-hybridized carbons (Fsp3) is 0. The molecule has 0 aromatic heterocycles. The maximum absolute atomic E-state index is 4.26. The summed E-state index contributed by atoms with van der Waals surface area (Å²) in [6, 6.07) is 99.0. The maximum atomic E-state index is 4.26. The fourth-order valence-corrected chi connectivity index (χ4v) is 10.5. The van der Waals surface area contributed by atoms with Gasteiger partial charge in [-0.1, -0.05) is 250 Å². The van der Waals surface area contributed by atoms with E-state index in [1.807, 2.05) is 12.2 Å². The molecule has 0 aliphatic rings.